The number of nitro benzene ring substituents is 1. The summed E-state index contributed by atoms with van der Waals surface area (Å²) >= 11 is 1.53. The first-order chi connectivity index (χ1) is 9.19. The highest BCUT2D eigenvalue weighted by molar-refractivity contribution is 7.09. The smallest absolute Gasteiger partial charge is 0.275 e. The highest BCUT2D eigenvalue weighted by Gasteiger charge is 2.10. The van der Waals surface area contributed by atoms with Crippen LogP contribution in [0.4, 0.5) is 11.4 Å². The Morgan fingerprint density at radius 1 is 1.47 bits per heavy atom. The number of nitrogens with zero attached hydrogens (tertiary/aromatic N) is 2. The Morgan fingerprint density at radius 3 is 2.95 bits per heavy atom. The number of aromatic nitrogens is 1. The molecule has 0 bridgehead atoms. The molecule has 100 valence electrons. The topological polar surface area (TPSA) is 77.3 Å². The monoisotopic (exact) mass is 279 g/mol. The quantitative estimate of drug-likeness (QED) is 0.649. The van der Waals surface area contributed by atoms with Crippen molar-refractivity contribution in [1.29, 1.82) is 0 Å². The van der Waals surface area contributed by atoms with Crippen molar-refractivity contribution in [1.82, 2.24) is 4.98 Å². The predicted octanol–water partition coefficient (Wildman–Crippen LogP) is 3.06. The fraction of sp³-hybridized carbons (Fsp3) is 0.250. The lowest BCUT2D eigenvalue weighted by Gasteiger charge is -2.08. The van der Waals surface area contributed by atoms with Crippen LogP contribution >= 0.6 is 11.3 Å². The number of thiazole rings is 1. The molecule has 0 unspecified atom stereocenters. The number of nitro groups is 1. The second-order valence-electron chi connectivity index (χ2n) is 3.69. The Labute approximate surface area is 114 Å². The molecule has 2 rings (SSSR count). The van der Waals surface area contributed by atoms with Crippen LogP contribution in [0.1, 0.15) is 11.9 Å². The molecule has 0 saturated heterocycles. The van der Waals surface area contributed by atoms with Crippen LogP contribution in [0.5, 0.6) is 5.75 Å². The van der Waals surface area contributed by atoms with Gasteiger partial charge in [0, 0.05) is 29.4 Å². The van der Waals surface area contributed by atoms with Gasteiger partial charge in [0.1, 0.15) is 10.8 Å². The summed E-state index contributed by atoms with van der Waals surface area (Å²) in [6.45, 7) is 2.83. The van der Waals surface area contributed by atoms with E-state index in [-0.39, 0.29) is 5.69 Å². The van der Waals surface area contributed by atoms with E-state index in [9.17, 15) is 10.1 Å². The van der Waals surface area contributed by atoms with Crippen molar-refractivity contribution < 1.29 is 9.66 Å². The van der Waals surface area contributed by atoms with Gasteiger partial charge in [-0.3, -0.25) is 10.1 Å². The molecule has 0 spiro atoms. The third-order valence-electron chi connectivity index (χ3n) is 2.34. The average Bonchev–Trinajstić information content (AvgIpc) is 2.89. The minimum atomic E-state index is -0.433. The van der Waals surface area contributed by atoms with E-state index < -0.39 is 4.92 Å². The van der Waals surface area contributed by atoms with Crippen molar-refractivity contribution in [2.45, 2.75) is 13.5 Å². The van der Waals surface area contributed by atoms with Crippen molar-refractivity contribution in [2.24, 2.45) is 0 Å². The molecule has 0 amide bonds. The summed E-state index contributed by atoms with van der Waals surface area (Å²) in [5, 5.41) is 16.8. The van der Waals surface area contributed by atoms with E-state index in [0.717, 1.165) is 5.01 Å². The van der Waals surface area contributed by atoms with Gasteiger partial charge in [0.15, 0.2) is 0 Å². The summed E-state index contributed by atoms with van der Waals surface area (Å²) in [4.78, 5) is 14.6. The predicted molar refractivity (Wildman–Crippen MR) is 73.7 cm³/mol. The first-order valence-electron chi connectivity index (χ1n) is 5.73. The van der Waals surface area contributed by atoms with Crippen LogP contribution < -0.4 is 10.1 Å². The number of hydrogen-bond acceptors (Lipinski definition) is 6. The van der Waals surface area contributed by atoms with Gasteiger partial charge in [-0.25, -0.2) is 4.98 Å². The number of benzene rings is 1. The molecule has 1 aromatic carbocycles. The Hall–Kier alpha value is -2.15. The Bertz CT molecular complexity index is 557. The van der Waals surface area contributed by atoms with Crippen LogP contribution in [0, 0.1) is 10.1 Å². The number of anilines is 1. The number of non-ortho nitro benzene ring substituents is 1. The van der Waals surface area contributed by atoms with Gasteiger partial charge < -0.3 is 10.1 Å². The molecule has 1 N–H and O–H groups in total. The maximum absolute atomic E-state index is 10.9. The van der Waals surface area contributed by atoms with Gasteiger partial charge in [0.25, 0.3) is 5.69 Å². The van der Waals surface area contributed by atoms with E-state index in [4.69, 9.17) is 4.74 Å². The molecule has 0 fully saturated rings. The molecular weight excluding hydrogens is 266 g/mol. The van der Waals surface area contributed by atoms with E-state index in [2.05, 4.69) is 10.3 Å². The van der Waals surface area contributed by atoms with Gasteiger partial charge in [-0.1, -0.05) is 0 Å². The summed E-state index contributed by atoms with van der Waals surface area (Å²) in [7, 11) is 0. The molecule has 6 nitrogen and oxygen atoms in total. The van der Waals surface area contributed by atoms with Crippen LogP contribution in [0.15, 0.2) is 29.8 Å². The van der Waals surface area contributed by atoms with Gasteiger partial charge in [0.05, 0.1) is 24.1 Å². The molecule has 2 aromatic rings. The molecule has 0 saturated carbocycles. The summed E-state index contributed by atoms with van der Waals surface area (Å²) in [6.07, 6.45) is 1.72. The number of rotatable bonds is 6. The normalized spacial score (nSPS) is 10.2. The van der Waals surface area contributed by atoms with Gasteiger partial charge >= 0.3 is 0 Å². The second-order valence-corrected chi connectivity index (χ2v) is 4.66. The van der Waals surface area contributed by atoms with E-state index in [1.807, 2.05) is 12.3 Å². The maximum atomic E-state index is 10.9. The summed E-state index contributed by atoms with van der Waals surface area (Å²) in [5.74, 6) is 0.485. The van der Waals surface area contributed by atoms with Crippen LogP contribution in [-0.2, 0) is 6.54 Å². The summed E-state index contributed by atoms with van der Waals surface area (Å²) < 4.78 is 5.32. The van der Waals surface area contributed by atoms with E-state index in [0.29, 0.717) is 24.6 Å². The molecule has 0 aliphatic carbocycles. The minimum Gasteiger partial charge on any atom is -0.494 e. The Kier molecular flexibility index (Phi) is 4.30. The molecule has 0 aliphatic heterocycles. The van der Waals surface area contributed by atoms with Gasteiger partial charge in [-0.2, -0.15) is 0 Å². The first-order valence-corrected chi connectivity index (χ1v) is 6.61. The molecule has 19 heavy (non-hydrogen) atoms. The highest BCUT2D eigenvalue weighted by Crippen LogP contribution is 2.26. The van der Waals surface area contributed by atoms with Gasteiger partial charge in [0.2, 0.25) is 0 Å². The van der Waals surface area contributed by atoms with Crippen molar-refractivity contribution in [2.75, 3.05) is 11.9 Å². The molecule has 7 heteroatoms. The Balaban J connectivity index is 2.16. The number of nitrogens with one attached hydrogen (secondary N) is 1. The number of hydrogen-bond donors (Lipinski definition) is 1. The van der Waals surface area contributed by atoms with E-state index in [1.165, 1.54) is 23.5 Å². The SMILES string of the molecule is CCOc1cc(NCc2nccs2)cc([N+](=O)[O-])c1. The van der Waals surface area contributed by atoms with Gasteiger partial charge in [-0.15, -0.1) is 11.3 Å². The molecule has 1 heterocycles. The average molecular weight is 279 g/mol. The zero-order valence-electron chi connectivity index (χ0n) is 10.3. The fourth-order valence-corrected chi connectivity index (χ4v) is 2.11. The largest absolute Gasteiger partial charge is 0.494 e. The molecular formula is C12H13N3O3S. The van der Waals surface area contributed by atoms with Crippen molar-refractivity contribution in [3.05, 3.63) is 44.9 Å². The standard InChI is InChI=1S/C12H13N3O3S/c1-2-18-11-6-9(5-10(7-11)15(16)17)14-8-12-13-3-4-19-12/h3-7,14H,2,8H2,1H3. The fourth-order valence-electron chi connectivity index (χ4n) is 1.56. The van der Waals surface area contributed by atoms with E-state index >= 15 is 0 Å². The maximum Gasteiger partial charge on any atom is 0.275 e. The van der Waals surface area contributed by atoms with Crippen LogP contribution in [-0.4, -0.2) is 16.5 Å². The molecule has 0 radical (unpaired) electrons. The lowest BCUT2D eigenvalue weighted by atomic mass is 10.2. The Morgan fingerprint density at radius 2 is 2.32 bits per heavy atom. The molecule has 0 aliphatic rings. The summed E-state index contributed by atoms with van der Waals surface area (Å²) in [5.41, 5.74) is 0.653. The lowest BCUT2D eigenvalue weighted by Crippen LogP contribution is -2.01. The second kappa shape index (κ2) is 6.14. The molecule has 1 aromatic heterocycles. The molecule has 0 atom stereocenters. The lowest BCUT2D eigenvalue weighted by molar-refractivity contribution is -0.384. The van der Waals surface area contributed by atoms with Crippen LogP contribution in [0.25, 0.3) is 0 Å². The summed E-state index contributed by atoms with van der Waals surface area (Å²) in [6, 6.07) is 4.64. The zero-order chi connectivity index (χ0) is 13.7. The zero-order valence-corrected chi connectivity index (χ0v) is 11.1. The minimum absolute atomic E-state index is 0.00703. The van der Waals surface area contributed by atoms with Crippen molar-refractivity contribution in [3.63, 3.8) is 0 Å². The van der Waals surface area contributed by atoms with Gasteiger partial charge in [-0.05, 0) is 6.92 Å². The van der Waals surface area contributed by atoms with Crippen LogP contribution in [0.2, 0.25) is 0 Å². The third-order valence-corrected chi connectivity index (χ3v) is 3.12. The van der Waals surface area contributed by atoms with Crippen molar-refractivity contribution >= 4 is 22.7 Å². The highest BCUT2D eigenvalue weighted by atomic mass is 32.1. The van der Waals surface area contributed by atoms with Crippen LogP contribution in [0.3, 0.4) is 0 Å². The van der Waals surface area contributed by atoms with Crippen molar-refractivity contribution in [3.8, 4) is 5.75 Å². The van der Waals surface area contributed by atoms with E-state index in [1.54, 1.807) is 12.3 Å². The third kappa shape index (κ3) is 3.65. The number of ether oxygens (including phenoxy) is 1. The first kappa shape index (κ1) is 13.3.